The third kappa shape index (κ3) is 3.14. The molecule has 0 saturated heterocycles. The highest BCUT2D eigenvalue weighted by molar-refractivity contribution is 7.98. The van der Waals surface area contributed by atoms with Crippen molar-refractivity contribution in [1.82, 2.24) is 14.8 Å². The predicted molar refractivity (Wildman–Crippen MR) is 84.4 cm³/mol. The Morgan fingerprint density at radius 3 is 2.67 bits per heavy atom. The van der Waals surface area contributed by atoms with Gasteiger partial charge in [0.05, 0.1) is 6.26 Å². The Labute approximate surface area is 132 Å². The van der Waals surface area contributed by atoms with E-state index in [0.717, 1.165) is 34.1 Å². The first-order valence-corrected chi connectivity index (χ1v) is 7.98. The van der Waals surface area contributed by atoms with Crippen molar-refractivity contribution in [1.29, 1.82) is 0 Å². The van der Waals surface area contributed by atoms with Gasteiger partial charge in [-0.25, -0.2) is 0 Å². The average molecular weight is 320 g/mol. The van der Waals surface area contributed by atoms with Gasteiger partial charge in [0.1, 0.15) is 0 Å². The van der Waals surface area contributed by atoms with E-state index in [1.54, 1.807) is 18.0 Å². The zero-order valence-corrected chi connectivity index (χ0v) is 13.1. The highest BCUT2D eigenvalue weighted by Gasteiger charge is 2.14. The van der Waals surface area contributed by atoms with Crippen molar-refractivity contribution in [3.05, 3.63) is 53.2 Å². The third-order valence-corrected chi connectivity index (χ3v) is 4.35. The Bertz CT molecular complexity index is 707. The molecule has 108 valence electrons. The van der Waals surface area contributed by atoms with E-state index in [1.165, 1.54) is 5.56 Å². The number of furan rings is 1. The number of hydrogen-bond donors (Lipinski definition) is 0. The lowest BCUT2D eigenvalue weighted by molar-refractivity contribution is 0.567. The van der Waals surface area contributed by atoms with Gasteiger partial charge >= 0.3 is 0 Å². The zero-order valence-electron chi connectivity index (χ0n) is 11.5. The lowest BCUT2D eigenvalue weighted by atomic mass is 10.2. The maximum absolute atomic E-state index is 5.89. The van der Waals surface area contributed by atoms with Gasteiger partial charge in [0.2, 0.25) is 0 Å². The van der Waals surface area contributed by atoms with E-state index >= 15 is 0 Å². The minimum atomic E-state index is 0.739. The quantitative estimate of drug-likeness (QED) is 0.649. The van der Waals surface area contributed by atoms with E-state index < -0.39 is 0 Å². The van der Waals surface area contributed by atoms with Crippen LogP contribution in [-0.2, 0) is 12.3 Å². The van der Waals surface area contributed by atoms with E-state index in [-0.39, 0.29) is 0 Å². The van der Waals surface area contributed by atoms with Gasteiger partial charge in [-0.05, 0) is 36.8 Å². The molecule has 0 spiro atoms. The number of nitrogens with zero attached hydrogens (tertiary/aromatic N) is 3. The highest BCUT2D eigenvalue weighted by Crippen LogP contribution is 2.26. The molecule has 3 rings (SSSR count). The van der Waals surface area contributed by atoms with Crippen molar-refractivity contribution in [2.75, 3.05) is 0 Å². The van der Waals surface area contributed by atoms with E-state index in [2.05, 4.69) is 21.7 Å². The largest absolute Gasteiger partial charge is 0.461 e. The van der Waals surface area contributed by atoms with E-state index in [9.17, 15) is 0 Å². The van der Waals surface area contributed by atoms with Crippen LogP contribution in [0.1, 0.15) is 12.5 Å². The number of benzene rings is 1. The fourth-order valence-electron chi connectivity index (χ4n) is 2.00. The molecule has 0 amide bonds. The van der Waals surface area contributed by atoms with E-state index in [4.69, 9.17) is 16.0 Å². The first-order valence-electron chi connectivity index (χ1n) is 6.62. The lowest BCUT2D eigenvalue weighted by Gasteiger charge is -2.05. The Hall–Kier alpha value is -1.72. The first-order chi connectivity index (χ1) is 10.3. The van der Waals surface area contributed by atoms with Crippen molar-refractivity contribution < 1.29 is 4.42 Å². The Balaban J connectivity index is 1.78. The summed E-state index contributed by atoms with van der Waals surface area (Å²) in [7, 11) is 0. The van der Waals surface area contributed by atoms with Crippen LogP contribution in [0.2, 0.25) is 5.02 Å². The SMILES string of the molecule is CCn1c(SCc2ccc(Cl)cc2)nnc1-c1ccco1. The maximum Gasteiger partial charge on any atom is 0.200 e. The third-order valence-electron chi connectivity index (χ3n) is 3.06. The molecule has 0 radical (unpaired) electrons. The van der Waals surface area contributed by atoms with Crippen LogP contribution in [0.4, 0.5) is 0 Å². The highest BCUT2D eigenvalue weighted by atomic mass is 35.5. The minimum Gasteiger partial charge on any atom is -0.461 e. The Morgan fingerprint density at radius 2 is 2.00 bits per heavy atom. The van der Waals surface area contributed by atoms with Crippen molar-refractivity contribution in [2.45, 2.75) is 24.4 Å². The second-order valence-corrected chi connectivity index (χ2v) is 5.82. The van der Waals surface area contributed by atoms with Gasteiger partial charge in [-0.1, -0.05) is 35.5 Å². The summed E-state index contributed by atoms with van der Waals surface area (Å²) in [5, 5.41) is 10.1. The van der Waals surface area contributed by atoms with Crippen LogP contribution in [0.3, 0.4) is 0 Å². The normalized spacial score (nSPS) is 11.0. The van der Waals surface area contributed by atoms with Crippen LogP contribution in [-0.4, -0.2) is 14.8 Å². The summed E-state index contributed by atoms with van der Waals surface area (Å²) < 4.78 is 7.46. The molecule has 0 aliphatic carbocycles. The van der Waals surface area contributed by atoms with Gasteiger partial charge in [0.15, 0.2) is 16.7 Å². The Kier molecular flexibility index (Phi) is 4.31. The zero-order chi connectivity index (χ0) is 14.7. The second kappa shape index (κ2) is 6.37. The molecule has 3 aromatic rings. The van der Waals surface area contributed by atoms with Crippen LogP contribution in [0, 0.1) is 0 Å². The topological polar surface area (TPSA) is 43.9 Å². The molecule has 2 heterocycles. The molecule has 6 heteroatoms. The number of rotatable bonds is 5. The van der Waals surface area contributed by atoms with Crippen LogP contribution < -0.4 is 0 Å². The van der Waals surface area contributed by atoms with Gasteiger partial charge in [-0.15, -0.1) is 10.2 Å². The van der Waals surface area contributed by atoms with Crippen molar-refractivity contribution >= 4 is 23.4 Å². The molecular weight excluding hydrogens is 306 g/mol. The van der Waals surface area contributed by atoms with E-state index in [0.29, 0.717) is 0 Å². The molecular formula is C15H14ClN3OS. The van der Waals surface area contributed by atoms with Crippen LogP contribution in [0.15, 0.2) is 52.2 Å². The molecule has 0 saturated carbocycles. The van der Waals surface area contributed by atoms with Gasteiger partial charge in [0, 0.05) is 17.3 Å². The summed E-state index contributed by atoms with van der Waals surface area (Å²) in [6.45, 7) is 2.87. The van der Waals surface area contributed by atoms with Crippen LogP contribution >= 0.6 is 23.4 Å². The summed E-state index contributed by atoms with van der Waals surface area (Å²) in [5.41, 5.74) is 1.20. The fraction of sp³-hybridized carbons (Fsp3) is 0.200. The standard InChI is InChI=1S/C15H14ClN3OS/c1-2-19-14(13-4-3-9-20-13)17-18-15(19)21-10-11-5-7-12(16)8-6-11/h3-9H,2,10H2,1H3. The van der Waals surface area contributed by atoms with E-state index in [1.807, 2.05) is 36.4 Å². The lowest BCUT2D eigenvalue weighted by Crippen LogP contribution is -1.99. The minimum absolute atomic E-state index is 0.739. The monoisotopic (exact) mass is 319 g/mol. The molecule has 0 fully saturated rings. The molecule has 1 aromatic carbocycles. The molecule has 0 aliphatic heterocycles. The van der Waals surface area contributed by atoms with Gasteiger partial charge in [-0.3, -0.25) is 4.57 Å². The molecule has 21 heavy (non-hydrogen) atoms. The Morgan fingerprint density at radius 1 is 1.19 bits per heavy atom. The van der Waals surface area contributed by atoms with Crippen molar-refractivity contribution in [3.8, 4) is 11.6 Å². The number of halogens is 1. The van der Waals surface area contributed by atoms with Crippen molar-refractivity contribution in [2.24, 2.45) is 0 Å². The molecule has 4 nitrogen and oxygen atoms in total. The number of hydrogen-bond acceptors (Lipinski definition) is 4. The number of thioether (sulfide) groups is 1. The summed E-state index contributed by atoms with van der Waals surface area (Å²) in [4.78, 5) is 0. The molecule has 0 unspecified atom stereocenters. The summed E-state index contributed by atoms with van der Waals surface area (Å²) in [6.07, 6.45) is 1.64. The van der Waals surface area contributed by atoms with Gasteiger partial charge in [0.25, 0.3) is 0 Å². The predicted octanol–water partition coefficient (Wildman–Crippen LogP) is 4.50. The molecule has 0 bridgehead atoms. The van der Waals surface area contributed by atoms with Gasteiger partial charge < -0.3 is 4.42 Å². The van der Waals surface area contributed by atoms with Crippen molar-refractivity contribution in [3.63, 3.8) is 0 Å². The molecule has 0 N–H and O–H groups in total. The number of aromatic nitrogens is 3. The smallest absolute Gasteiger partial charge is 0.200 e. The first kappa shape index (κ1) is 14.2. The second-order valence-electron chi connectivity index (χ2n) is 4.44. The molecule has 2 aromatic heterocycles. The average Bonchev–Trinajstić information content (AvgIpc) is 3.15. The van der Waals surface area contributed by atoms with Gasteiger partial charge in [-0.2, -0.15) is 0 Å². The van der Waals surface area contributed by atoms with Crippen LogP contribution in [0.25, 0.3) is 11.6 Å². The molecule has 0 aliphatic rings. The fourth-order valence-corrected chi connectivity index (χ4v) is 3.08. The van der Waals surface area contributed by atoms with Crippen LogP contribution in [0.5, 0.6) is 0 Å². The molecule has 0 atom stereocenters. The summed E-state index contributed by atoms with van der Waals surface area (Å²) in [6, 6.07) is 11.6. The summed E-state index contributed by atoms with van der Waals surface area (Å²) >= 11 is 7.55. The summed E-state index contributed by atoms with van der Waals surface area (Å²) in [5.74, 6) is 2.33. The maximum atomic E-state index is 5.89.